The number of carbonyl (C=O) groups excluding carboxylic acids is 2. The van der Waals surface area contributed by atoms with Crippen molar-refractivity contribution < 1.29 is 9.59 Å². The average Bonchev–Trinajstić information content (AvgIpc) is 3.32. The van der Waals surface area contributed by atoms with Crippen molar-refractivity contribution >= 4 is 11.8 Å². The fraction of sp³-hybridized carbons (Fsp3) is 0.292. The van der Waals surface area contributed by atoms with Gasteiger partial charge in [0.15, 0.2) is 0 Å². The third kappa shape index (κ3) is 5.00. The molecule has 2 aromatic carbocycles. The van der Waals surface area contributed by atoms with Crippen molar-refractivity contribution in [2.24, 2.45) is 0 Å². The van der Waals surface area contributed by atoms with Gasteiger partial charge in [-0.15, -0.1) is 0 Å². The van der Waals surface area contributed by atoms with Crippen LogP contribution < -0.4 is 5.32 Å². The number of rotatable bonds is 6. The first-order chi connectivity index (χ1) is 15.1. The summed E-state index contributed by atoms with van der Waals surface area (Å²) in [5.41, 5.74) is 2.82. The van der Waals surface area contributed by atoms with Crippen molar-refractivity contribution in [3.8, 4) is 0 Å². The monoisotopic (exact) mass is 417 g/mol. The molecule has 1 aromatic heterocycles. The SMILES string of the molecule is CNC(=O)C1CN(Cc2ccccc2)CCN1C(=O)c1cccc(Cn2ccnc2)c1. The van der Waals surface area contributed by atoms with Crippen LogP contribution in [0.1, 0.15) is 21.5 Å². The molecule has 3 aromatic rings. The number of benzene rings is 2. The van der Waals surface area contributed by atoms with Gasteiger partial charge in [-0.25, -0.2) is 4.98 Å². The van der Waals surface area contributed by atoms with Crippen molar-refractivity contribution in [3.63, 3.8) is 0 Å². The average molecular weight is 418 g/mol. The highest BCUT2D eigenvalue weighted by Gasteiger charge is 2.35. The zero-order chi connectivity index (χ0) is 21.6. The summed E-state index contributed by atoms with van der Waals surface area (Å²) >= 11 is 0. The minimum Gasteiger partial charge on any atom is -0.357 e. The molecule has 1 aliphatic rings. The van der Waals surface area contributed by atoms with Crippen molar-refractivity contribution in [3.05, 3.63) is 90.0 Å². The minimum atomic E-state index is -0.521. The maximum atomic E-state index is 13.4. The van der Waals surface area contributed by atoms with Gasteiger partial charge in [0, 0.05) is 57.7 Å². The number of hydrogen-bond donors (Lipinski definition) is 1. The lowest BCUT2D eigenvalue weighted by Crippen LogP contribution is -2.60. The molecule has 0 spiro atoms. The Kier molecular flexibility index (Phi) is 6.43. The molecule has 0 radical (unpaired) electrons. The standard InChI is InChI=1S/C24H27N5O2/c1-25-23(30)22-17-27(15-19-6-3-2-4-7-19)12-13-29(22)24(31)21-9-5-8-20(14-21)16-28-11-10-26-18-28/h2-11,14,18,22H,12-13,15-17H2,1H3,(H,25,30). The molecule has 1 fully saturated rings. The molecule has 2 amide bonds. The maximum absolute atomic E-state index is 13.4. The molecule has 4 rings (SSSR count). The first-order valence-electron chi connectivity index (χ1n) is 10.5. The van der Waals surface area contributed by atoms with Crippen LogP contribution >= 0.6 is 0 Å². The number of aromatic nitrogens is 2. The number of piperazine rings is 1. The second kappa shape index (κ2) is 9.57. The molecule has 1 unspecified atom stereocenters. The number of carbonyl (C=O) groups is 2. The van der Waals surface area contributed by atoms with E-state index in [1.807, 2.05) is 53.2 Å². The number of likely N-dealkylation sites (N-methyl/N-ethyl adjacent to an activating group) is 1. The summed E-state index contributed by atoms with van der Waals surface area (Å²) < 4.78 is 1.96. The highest BCUT2D eigenvalue weighted by Crippen LogP contribution is 2.18. The lowest BCUT2D eigenvalue weighted by Gasteiger charge is -2.40. The van der Waals surface area contributed by atoms with E-state index in [1.54, 1.807) is 24.5 Å². The molecular weight excluding hydrogens is 390 g/mol. The highest BCUT2D eigenvalue weighted by atomic mass is 16.2. The summed E-state index contributed by atoms with van der Waals surface area (Å²) in [5.74, 6) is -0.249. The van der Waals surface area contributed by atoms with Crippen LogP contribution in [0, 0.1) is 0 Å². The third-order valence-electron chi connectivity index (χ3n) is 5.62. The lowest BCUT2D eigenvalue weighted by atomic mass is 10.1. The molecule has 7 nitrogen and oxygen atoms in total. The second-order valence-electron chi connectivity index (χ2n) is 7.78. The van der Waals surface area contributed by atoms with Crippen LogP contribution in [-0.2, 0) is 17.9 Å². The van der Waals surface area contributed by atoms with Crippen molar-refractivity contribution in [2.75, 3.05) is 26.7 Å². The molecule has 7 heteroatoms. The zero-order valence-electron chi connectivity index (χ0n) is 17.6. The molecule has 1 atom stereocenters. The van der Waals surface area contributed by atoms with E-state index < -0.39 is 6.04 Å². The van der Waals surface area contributed by atoms with Crippen LogP contribution in [-0.4, -0.2) is 63.9 Å². The Morgan fingerprint density at radius 1 is 1.03 bits per heavy atom. The van der Waals surface area contributed by atoms with Gasteiger partial charge < -0.3 is 14.8 Å². The van der Waals surface area contributed by atoms with Crippen molar-refractivity contribution in [1.29, 1.82) is 0 Å². The number of amides is 2. The normalized spacial score (nSPS) is 16.8. The van der Waals surface area contributed by atoms with Crippen LogP contribution in [0.15, 0.2) is 73.3 Å². The molecular formula is C24H27N5O2. The van der Waals surface area contributed by atoms with E-state index in [0.29, 0.717) is 25.2 Å². The van der Waals surface area contributed by atoms with Crippen LogP contribution in [0.5, 0.6) is 0 Å². The second-order valence-corrected chi connectivity index (χ2v) is 7.78. The Labute approximate surface area is 182 Å². The Morgan fingerprint density at radius 3 is 2.58 bits per heavy atom. The number of nitrogens with zero attached hydrogens (tertiary/aromatic N) is 4. The predicted molar refractivity (Wildman–Crippen MR) is 118 cm³/mol. The van der Waals surface area contributed by atoms with Gasteiger partial charge in [0.25, 0.3) is 5.91 Å². The molecule has 0 bridgehead atoms. The quantitative estimate of drug-likeness (QED) is 0.666. The van der Waals surface area contributed by atoms with Crippen LogP contribution in [0.4, 0.5) is 0 Å². The smallest absolute Gasteiger partial charge is 0.254 e. The lowest BCUT2D eigenvalue weighted by molar-refractivity contribution is -0.127. The van der Waals surface area contributed by atoms with Gasteiger partial charge in [0.05, 0.1) is 6.33 Å². The van der Waals surface area contributed by atoms with E-state index in [-0.39, 0.29) is 11.8 Å². The van der Waals surface area contributed by atoms with Crippen LogP contribution in [0.25, 0.3) is 0 Å². The molecule has 31 heavy (non-hydrogen) atoms. The number of hydrogen-bond acceptors (Lipinski definition) is 4. The number of nitrogens with one attached hydrogen (secondary N) is 1. The first kappa shape index (κ1) is 20.8. The van der Waals surface area contributed by atoms with E-state index in [4.69, 9.17) is 0 Å². The van der Waals surface area contributed by atoms with Gasteiger partial charge in [-0.1, -0.05) is 42.5 Å². The minimum absolute atomic E-state index is 0.111. The largest absolute Gasteiger partial charge is 0.357 e. The molecule has 1 saturated heterocycles. The van der Waals surface area contributed by atoms with E-state index in [2.05, 4.69) is 27.3 Å². The van der Waals surface area contributed by atoms with E-state index in [9.17, 15) is 9.59 Å². The first-order valence-corrected chi connectivity index (χ1v) is 10.5. The molecule has 160 valence electrons. The van der Waals surface area contributed by atoms with E-state index >= 15 is 0 Å². The fourth-order valence-electron chi connectivity index (χ4n) is 4.02. The molecule has 2 heterocycles. The molecule has 1 N–H and O–H groups in total. The third-order valence-corrected chi connectivity index (χ3v) is 5.62. The van der Waals surface area contributed by atoms with Gasteiger partial charge in [-0.3, -0.25) is 14.5 Å². The zero-order valence-corrected chi connectivity index (χ0v) is 17.6. The van der Waals surface area contributed by atoms with Crippen LogP contribution in [0.2, 0.25) is 0 Å². The fourth-order valence-corrected chi connectivity index (χ4v) is 4.02. The summed E-state index contributed by atoms with van der Waals surface area (Å²) in [6.07, 6.45) is 5.38. The van der Waals surface area contributed by atoms with Crippen molar-refractivity contribution in [1.82, 2.24) is 24.7 Å². The summed E-state index contributed by atoms with van der Waals surface area (Å²) in [5, 5.41) is 2.73. The van der Waals surface area contributed by atoms with Gasteiger partial charge in [0.1, 0.15) is 6.04 Å². The van der Waals surface area contributed by atoms with Gasteiger partial charge >= 0.3 is 0 Å². The van der Waals surface area contributed by atoms with Gasteiger partial charge in [-0.2, -0.15) is 0 Å². The van der Waals surface area contributed by atoms with Gasteiger partial charge in [0.2, 0.25) is 5.91 Å². The Hall–Kier alpha value is -3.45. The Morgan fingerprint density at radius 2 is 1.84 bits per heavy atom. The van der Waals surface area contributed by atoms with Crippen LogP contribution in [0.3, 0.4) is 0 Å². The van der Waals surface area contributed by atoms with E-state index in [1.165, 1.54) is 5.56 Å². The highest BCUT2D eigenvalue weighted by molar-refractivity contribution is 5.98. The number of imidazole rings is 1. The molecule has 0 saturated carbocycles. The topological polar surface area (TPSA) is 70.5 Å². The molecule has 1 aliphatic heterocycles. The molecule has 0 aliphatic carbocycles. The summed E-state index contributed by atoms with van der Waals surface area (Å²) in [6.45, 7) is 3.15. The van der Waals surface area contributed by atoms with E-state index in [0.717, 1.165) is 18.7 Å². The summed E-state index contributed by atoms with van der Waals surface area (Å²) in [6, 6.07) is 17.3. The predicted octanol–water partition coefficient (Wildman–Crippen LogP) is 2.00. The Balaban J connectivity index is 1.49. The maximum Gasteiger partial charge on any atom is 0.254 e. The van der Waals surface area contributed by atoms with Crippen molar-refractivity contribution in [2.45, 2.75) is 19.1 Å². The Bertz CT molecular complexity index is 1020. The summed E-state index contributed by atoms with van der Waals surface area (Å²) in [4.78, 5) is 34.0. The summed E-state index contributed by atoms with van der Waals surface area (Å²) in [7, 11) is 1.62. The van der Waals surface area contributed by atoms with Gasteiger partial charge in [-0.05, 0) is 23.3 Å².